The van der Waals surface area contributed by atoms with Gasteiger partial charge in [-0.25, -0.2) is 4.68 Å². The van der Waals surface area contributed by atoms with Crippen LogP contribution >= 0.6 is 0 Å². The van der Waals surface area contributed by atoms with Crippen LogP contribution in [0.4, 0.5) is 5.95 Å². The number of hydrogen-bond donors (Lipinski definition) is 2. The van der Waals surface area contributed by atoms with Gasteiger partial charge in [0.25, 0.3) is 0 Å². The van der Waals surface area contributed by atoms with E-state index in [1.807, 2.05) is 7.05 Å². The average molecular weight is 224 g/mol. The Hall–Kier alpha value is -1.17. The van der Waals surface area contributed by atoms with Crippen LogP contribution in [-0.2, 0) is 7.05 Å². The molecule has 2 rings (SSSR count). The second-order valence-electron chi connectivity index (χ2n) is 4.94. The number of aryl methyl sites for hydroxylation is 1. The van der Waals surface area contributed by atoms with Gasteiger partial charge in [-0.1, -0.05) is 24.9 Å². The molecule has 0 spiro atoms. The van der Waals surface area contributed by atoms with Gasteiger partial charge in [-0.15, -0.1) is 0 Å². The Kier molecular flexibility index (Phi) is 3.09. The number of nitrogens with zero attached hydrogens (tertiary/aromatic N) is 4. The molecule has 0 aliphatic heterocycles. The van der Waals surface area contributed by atoms with E-state index in [0.29, 0.717) is 18.4 Å². The molecular weight excluding hydrogens is 204 g/mol. The molecule has 90 valence electrons. The number of rotatable bonds is 3. The molecule has 1 aromatic rings. The van der Waals surface area contributed by atoms with Crippen molar-refractivity contribution in [3.8, 4) is 0 Å². The summed E-state index contributed by atoms with van der Waals surface area (Å²) in [6.07, 6.45) is 4.70. The standard InChI is InChI=1S/C10H20N6/c1-8-4-3-5-10(6-8,7-11)12-9-13-14-15-16(9)2/h8H,3-7,11H2,1-2H3,(H,12,13,15). The van der Waals surface area contributed by atoms with Gasteiger partial charge in [-0.2, -0.15) is 0 Å². The molecular formula is C10H20N6. The van der Waals surface area contributed by atoms with Gasteiger partial charge in [0.15, 0.2) is 0 Å². The molecule has 1 aliphatic carbocycles. The van der Waals surface area contributed by atoms with E-state index in [-0.39, 0.29) is 5.54 Å². The molecule has 1 saturated carbocycles. The van der Waals surface area contributed by atoms with Gasteiger partial charge in [0.05, 0.1) is 5.54 Å². The molecule has 0 amide bonds. The van der Waals surface area contributed by atoms with Crippen molar-refractivity contribution in [3.63, 3.8) is 0 Å². The molecule has 3 N–H and O–H groups in total. The molecule has 6 heteroatoms. The Morgan fingerprint density at radius 3 is 3.00 bits per heavy atom. The first-order chi connectivity index (χ1) is 7.65. The Balaban J connectivity index is 2.12. The first-order valence-electron chi connectivity index (χ1n) is 5.86. The van der Waals surface area contributed by atoms with E-state index in [0.717, 1.165) is 12.8 Å². The van der Waals surface area contributed by atoms with Crippen molar-refractivity contribution in [1.29, 1.82) is 0 Å². The third kappa shape index (κ3) is 2.16. The lowest BCUT2D eigenvalue weighted by molar-refractivity contribution is 0.262. The highest BCUT2D eigenvalue weighted by Crippen LogP contribution is 2.33. The van der Waals surface area contributed by atoms with E-state index in [1.54, 1.807) is 4.68 Å². The van der Waals surface area contributed by atoms with Crippen LogP contribution < -0.4 is 11.1 Å². The minimum absolute atomic E-state index is 0.0276. The molecule has 0 radical (unpaired) electrons. The maximum absolute atomic E-state index is 5.93. The van der Waals surface area contributed by atoms with Crippen LogP contribution in [0.2, 0.25) is 0 Å². The van der Waals surface area contributed by atoms with E-state index in [2.05, 4.69) is 27.8 Å². The van der Waals surface area contributed by atoms with Crippen LogP contribution in [0.3, 0.4) is 0 Å². The van der Waals surface area contributed by atoms with Crippen molar-refractivity contribution >= 4 is 5.95 Å². The lowest BCUT2D eigenvalue weighted by Crippen LogP contribution is -2.49. The van der Waals surface area contributed by atoms with Crippen LogP contribution in [0.15, 0.2) is 0 Å². The lowest BCUT2D eigenvalue weighted by atomic mass is 9.76. The number of nitrogens with two attached hydrogens (primary N) is 1. The van der Waals surface area contributed by atoms with Gasteiger partial charge >= 0.3 is 0 Å². The maximum Gasteiger partial charge on any atom is 0.243 e. The highest BCUT2D eigenvalue weighted by molar-refractivity contribution is 5.28. The normalized spacial score (nSPS) is 30.3. The van der Waals surface area contributed by atoms with E-state index < -0.39 is 0 Å². The van der Waals surface area contributed by atoms with Crippen molar-refractivity contribution in [2.45, 2.75) is 38.1 Å². The molecule has 1 fully saturated rings. The monoisotopic (exact) mass is 224 g/mol. The lowest BCUT2D eigenvalue weighted by Gasteiger charge is -2.39. The van der Waals surface area contributed by atoms with E-state index in [4.69, 9.17) is 5.73 Å². The van der Waals surface area contributed by atoms with E-state index in [1.165, 1.54) is 12.8 Å². The predicted molar refractivity (Wildman–Crippen MR) is 61.8 cm³/mol. The fraction of sp³-hybridized carbons (Fsp3) is 0.900. The maximum atomic E-state index is 5.93. The van der Waals surface area contributed by atoms with Gasteiger partial charge in [0, 0.05) is 13.6 Å². The van der Waals surface area contributed by atoms with Gasteiger partial charge in [0.2, 0.25) is 5.95 Å². The van der Waals surface area contributed by atoms with Crippen LogP contribution in [0.5, 0.6) is 0 Å². The molecule has 1 heterocycles. The molecule has 0 bridgehead atoms. The second-order valence-corrected chi connectivity index (χ2v) is 4.94. The minimum atomic E-state index is -0.0276. The molecule has 2 atom stereocenters. The quantitative estimate of drug-likeness (QED) is 0.782. The Labute approximate surface area is 95.6 Å². The Morgan fingerprint density at radius 1 is 1.62 bits per heavy atom. The largest absolute Gasteiger partial charge is 0.346 e. The summed E-state index contributed by atoms with van der Waals surface area (Å²) in [4.78, 5) is 0. The zero-order valence-electron chi connectivity index (χ0n) is 9.98. The first kappa shape index (κ1) is 11.3. The summed E-state index contributed by atoms with van der Waals surface area (Å²) in [5.74, 6) is 1.42. The molecule has 1 aromatic heterocycles. The third-order valence-corrected chi connectivity index (χ3v) is 3.48. The molecule has 6 nitrogen and oxygen atoms in total. The number of aromatic nitrogens is 4. The van der Waals surface area contributed by atoms with Crippen molar-refractivity contribution < 1.29 is 0 Å². The van der Waals surface area contributed by atoms with Crippen LogP contribution in [-0.4, -0.2) is 32.3 Å². The SMILES string of the molecule is CC1CCCC(CN)(Nc2nnnn2C)C1. The van der Waals surface area contributed by atoms with Gasteiger partial charge in [-0.05, 0) is 29.2 Å². The number of anilines is 1. The average Bonchev–Trinajstić information content (AvgIpc) is 2.64. The predicted octanol–water partition coefficient (Wildman–Crippen LogP) is 0.530. The molecule has 2 unspecified atom stereocenters. The van der Waals surface area contributed by atoms with Crippen LogP contribution in [0.1, 0.15) is 32.6 Å². The highest BCUT2D eigenvalue weighted by atomic mass is 15.6. The summed E-state index contributed by atoms with van der Waals surface area (Å²) in [7, 11) is 1.83. The summed E-state index contributed by atoms with van der Waals surface area (Å²) in [5, 5.41) is 14.8. The van der Waals surface area contributed by atoms with Crippen molar-refractivity contribution in [2.24, 2.45) is 18.7 Å². The zero-order chi connectivity index (χ0) is 11.6. The fourth-order valence-corrected chi connectivity index (χ4v) is 2.58. The Bertz CT molecular complexity index is 349. The molecule has 0 saturated heterocycles. The van der Waals surface area contributed by atoms with Crippen molar-refractivity contribution in [2.75, 3.05) is 11.9 Å². The summed E-state index contributed by atoms with van der Waals surface area (Å²) in [6.45, 7) is 2.91. The van der Waals surface area contributed by atoms with Gasteiger partial charge < -0.3 is 11.1 Å². The first-order valence-corrected chi connectivity index (χ1v) is 5.86. The topological polar surface area (TPSA) is 81.7 Å². The zero-order valence-corrected chi connectivity index (χ0v) is 9.98. The summed E-state index contributed by atoms with van der Waals surface area (Å²) >= 11 is 0. The summed E-state index contributed by atoms with van der Waals surface area (Å²) in [5.41, 5.74) is 5.90. The smallest absolute Gasteiger partial charge is 0.243 e. The second kappa shape index (κ2) is 4.37. The fourth-order valence-electron chi connectivity index (χ4n) is 2.58. The molecule has 0 aromatic carbocycles. The number of tetrazole rings is 1. The highest BCUT2D eigenvalue weighted by Gasteiger charge is 2.34. The number of nitrogens with one attached hydrogen (secondary N) is 1. The minimum Gasteiger partial charge on any atom is -0.346 e. The Morgan fingerprint density at radius 2 is 2.44 bits per heavy atom. The summed E-state index contributed by atoms with van der Waals surface area (Å²) in [6, 6.07) is 0. The molecule has 16 heavy (non-hydrogen) atoms. The van der Waals surface area contributed by atoms with Gasteiger partial charge in [0.1, 0.15) is 0 Å². The van der Waals surface area contributed by atoms with Crippen LogP contribution in [0.25, 0.3) is 0 Å². The number of hydrogen-bond acceptors (Lipinski definition) is 5. The van der Waals surface area contributed by atoms with E-state index in [9.17, 15) is 0 Å². The van der Waals surface area contributed by atoms with Crippen molar-refractivity contribution in [3.05, 3.63) is 0 Å². The van der Waals surface area contributed by atoms with Gasteiger partial charge in [-0.3, -0.25) is 0 Å². The third-order valence-electron chi connectivity index (χ3n) is 3.48. The van der Waals surface area contributed by atoms with E-state index >= 15 is 0 Å². The van der Waals surface area contributed by atoms with Crippen molar-refractivity contribution in [1.82, 2.24) is 20.2 Å². The van der Waals surface area contributed by atoms with Crippen LogP contribution in [0, 0.1) is 5.92 Å². The summed E-state index contributed by atoms with van der Waals surface area (Å²) < 4.78 is 1.65. The molecule has 1 aliphatic rings.